The van der Waals surface area contributed by atoms with Gasteiger partial charge in [0.2, 0.25) is 0 Å². The number of hydrogen-bond acceptors (Lipinski definition) is 3. The van der Waals surface area contributed by atoms with Gasteiger partial charge < -0.3 is 10.8 Å². The number of nitrogens with two attached hydrogens (primary N) is 1. The maximum Gasteiger partial charge on any atom is 0.127 e. The Kier molecular flexibility index (Phi) is 4.15. The van der Waals surface area contributed by atoms with Crippen LogP contribution in [-0.2, 0) is 5.41 Å². The quantitative estimate of drug-likeness (QED) is 0.844. The zero-order chi connectivity index (χ0) is 13.5. The molecule has 5 heteroatoms. The van der Waals surface area contributed by atoms with E-state index in [2.05, 4.69) is 25.9 Å². The van der Waals surface area contributed by atoms with Gasteiger partial charge in [0.25, 0.3) is 0 Å². The first-order valence-electron chi connectivity index (χ1n) is 5.95. The van der Waals surface area contributed by atoms with E-state index in [4.69, 9.17) is 5.73 Å². The fraction of sp³-hybridized carbons (Fsp3) is 0.357. The predicted molar refractivity (Wildman–Crippen MR) is 80.3 cm³/mol. The maximum atomic E-state index is 9.74. The Hall–Kier alpha value is -1.68. The number of hydrogen-bond donors (Lipinski definition) is 2. The summed E-state index contributed by atoms with van der Waals surface area (Å²) in [7, 11) is 0. The fourth-order valence-corrected chi connectivity index (χ4v) is 1.70. The van der Waals surface area contributed by atoms with Crippen molar-refractivity contribution < 1.29 is 5.11 Å². The highest BCUT2D eigenvalue weighted by Gasteiger charge is 2.19. The Morgan fingerprint density at radius 2 is 1.84 bits per heavy atom. The molecule has 0 aliphatic rings. The maximum absolute atomic E-state index is 9.74. The van der Waals surface area contributed by atoms with Gasteiger partial charge in [-0.2, -0.15) is 5.10 Å². The molecule has 0 atom stereocenters. The number of benzene rings is 1. The second kappa shape index (κ2) is 5.13. The molecule has 0 amide bonds. The average Bonchev–Trinajstić information content (AvgIpc) is 2.64. The van der Waals surface area contributed by atoms with E-state index in [0.29, 0.717) is 5.82 Å². The molecule has 0 bridgehead atoms. The highest BCUT2D eigenvalue weighted by molar-refractivity contribution is 5.85. The van der Waals surface area contributed by atoms with Crippen LogP contribution in [0.2, 0.25) is 0 Å². The number of aromatic nitrogens is 2. The second-order valence-electron chi connectivity index (χ2n) is 5.59. The molecular formula is C14H20ClN3O. The van der Waals surface area contributed by atoms with Crippen molar-refractivity contribution in [2.45, 2.75) is 33.1 Å². The van der Waals surface area contributed by atoms with Crippen LogP contribution in [0.3, 0.4) is 0 Å². The summed E-state index contributed by atoms with van der Waals surface area (Å²) in [5.74, 6) is 0.822. The minimum Gasteiger partial charge on any atom is -0.508 e. The monoisotopic (exact) mass is 281 g/mol. The fourth-order valence-electron chi connectivity index (χ4n) is 1.70. The Labute approximate surface area is 119 Å². The molecule has 3 N–H and O–H groups in total. The van der Waals surface area contributed by atoms with Gasteiger partial charge in [0.1, 0.15) is 11.6 Å². The topological polar surface area (TPSA) is 64.1 Å². The van der Waals surface area contributed by atoms with E-state index in [9.17, 15) is 5.11 Å². The molecule has 0 fully saturated rings. The summed E-state index contributed by atoms with van der Waals surface area (Å²) in [6.07, 6.45) is 0. The van der Waals surface area contributed by atoms with E-state index >= 15 is 0 Å². The van der Waals surface area contributed by atoms with Crippen LogP contribution >= 0.6 is 12.4 Å². The average molecular weight is 282 g/mol. The number of aryl methyl sites for hydroxylation is 1. The normalized spacial score (nSPS) is 11.2. The first-order valence-corrected chi connectivity index (χ1v) is 5.95. The number of anilines is 1. The summed E-state index contributed by atoms with van der Waals surface area (Å²) in [5.41, 5.74) is 8.46. The van der Waals surface area contributed by atoms with Gasteiger partial charge in [-0.1, -0.05) is 26.8 Å². The first kappa shape index (κ1) is 15.4. The molecule has 0 saturated heterocycles. The molecular weight excluding hydrogens is 262 g/mol. The van der Waals surface area contributed by atoms with E-state index in [1.165, 1.54) is 0 Å². The molecule has 4 nitrogen and oxygen atoms in total. The summed E-state index contributed by atoms with van der Waals surface area (Å²) in [6.45, 7) is 8.12. The summed E-state index contributed by atoms with van der Waals surface area (Å²) in [4.78, 5) is 0. The third-order valence-electron chi connectivity index (χ3n) is 2.94. The predicted octanol–water partition coefficient (Wildman–Crippen LogP) is 3.19. The molecule has 1 aromatic carbocycles. The largest absolute Gasteiger partial charge is 0.508 e. The molecule has 0 aliphatic heterocycles. The van der Waals surface area contributed by atoms with Crippen molar-refractivity contribution >= 4 is 18.2 Å². The van der Waals surface area contributed by atoms with Crippen LogP contribution < -0.4 is 5.73 Å². The van der Waals surface area contributed by atoms with Crippen LogP contribution in [0.4, 0.5) is 5.82 Å². The van der Waals surface area contributed by atoms with Crippen molar-refractivity contribution in [3.8, 4) is 11.4 Å². The molecule has 0 unspecified atom stereocenters. The summed E-state index contributed by atoms with van der Waals surface area (Å²) in [5, 5.41) is 14.2. The molecule has 0 aliphatic carbocycles. The molecule has 0 saturated carbocycles. The highest BCUT2D eigenvalue weighted by atomic mass is 35.5. The third kappa shape index (κ3) is 3.01. The van der Waals surface area contributed by atoms with Crippen LogP contribution in [0.25, 0.3) is 5.69 Å². The van der Waals surface area contributed by atoms with Gasteiger partial charge in [0, 0.05) is 17.5 Å². The van der Waals surface area contributed by atoms with Gasteiger partial charge in [-0.3, -0.25) is 0 Å². The zero-order valence-electron chi connectivity index (χ0n) is 11.6. The Balaban J connectivity index is 0.00000180. The molecule has 19 heavy (non-hydrogen) atoms. The molecule has 1 aromatic heterocycles. The number of halogens is 1. The number of rotatable bonds is 1. The minimum absolute atomic E-state index is 0. The molecule has 2 rings (SSSR count). The van der Waals surface area contributed by atoms with Gasteiger partial charge in [-0.05, 0) is 18.6 Å². The van der Waals surface area contributed by atoms with Gasteiger partial charge in [-0.15, -0.1) is 12.4 Å². The van der Waals surface area contributed by atoms with Crippen LogP contribution in [0, 0.1) is 6.92 Å². The van der Waals surface area contributed by atoms with E-state index in [-0.39, 0.29) is 23.6 Å². The van der Waals surface area contributed by atoms with E-state index in [0.717, 1.165) is 16.9 Å². The highest BCUT2D eigenvalue weighted by Crippen LogP contribution is 2.26. The molecule has 104 valence electrons. The van der Waals surface area contributed by atoms with Crippen LogP contribution in [0.5, 0.6) is 5.75 Å². The summed E-state index contributed by atoms with van der Waals surface area (Å²) in [6, 6.07) is 7.29. The number of aromatic hydroxyl groups is 1. The molecule has 2 aromatic rings. The first-order chi connectivity index (χ1) is 8.29. The summed E-state index contributed by atoms with van der Waals surface area (Å²) >= 11 is 0. The SMILES string of the molecule is Cc1ccc(-n2nc(C(C)(C)C)cc2N)cc1O.Cl. The van der Waals surface area contributed by atoms with Gasteiger partial charge in [0.05, 0.1) is 11.4 Å². The van der Waals surface area contributed by atoms with Crippen molar-refractivity contribution in [2.75, 3.05) is 5.73 Å². The van der Waals surface area contributed by atoms with Crippen LogP contribution in [-0.4, -0.2) is 14.9 Å². The number of nitrogen functional groups attached to an aromatic ring is 1. The van der Waals surface area contributed by atoms with Crippen LogP contribution in [0.1, 0.15) is 32.0 Å². The number of phenols is 1. The molecule has 0 radical (unpaired) electrons. The van der Waals surface area contributed by atoms with Gasteiger partial charge in [0.15, 0.2) is 0 Å². The number of phenolic OH excluding ortho intramolecular Hbond substituents is 1. The zero-order valence-corrected chi connectivity index (χ0v) is 12.5. The van der Waals surface area contributed by atoms with Crippen molar-refractivity contribution in [3.63, 3.8) is 0 Å². The van der Waals surface area contributed by atoms with E-state index < -0.39 is 0 Å². The third-order valence-corrected chi connectivity index (χ3v) is 2.94. The second-order valence-corrected chi connectivity index (χ2v) is 5.59. The lowest BCUT2D eigenvalue weighted by molar-refractivity contribution is 0.470. The van der Waals surface area contributed by atoms with E-state index in [1.807, 2.05) is 25.1 Å². The molecule has 1 heterocycles. The van der Waals surface area contributed by atoms with Gasteiger partial charge in [-0.25, -0.2) is 4.68 Å². The van der Waals surface area contributed by atoms with Crippen molar-refractivity contribution in [3.05, 3.63) is 35.5 Å². The van der Waals surface area contributed by atoms with Crippen molar-refractivity contribution in [1.29, 1.82) is 0 Å². The van der Waals surface area contributed by atoms with Crippen molar-refractivity contribution in [1.82, 2.24) is 9.78 Å². The lowest BCUT2D eigenvalue weighted by atomic mass is 9.92. The number of nitrogens with zero attached hydrogens (tertiary/aromatic N) is 2. The minimum atomic E-state index is -0.0495. The van der Waals surface area contributed by atoms with E-state index in [1.54, 1.807) is 10.7 Å². The van der Waals surface area contributed by atoms with Gasteiger partial charge >= 0.3 is 0 Å². The summed E-state index contributed by atoms with van der Waals surface area (Å²) < 4.78 is 1.65. The Bertz CT molecular complexity index is 585. The smallest absolute Gasteiger partial charge is 0.127 e. The van der Waals surface area contributed by atoms with Crippen LogP contribution in [0.15, 0.2) is 24.3 Å². The van der Waals surface area contributed by atoms with Crippen molar-refractivity contribution in [2.24, 2.45) is 0 Å². The lowest BCUT2D eigenvalue weighted by Crippen LogP contribution is -2.12. The standard InChI is InChI=1S/C14H19N3O.ClH/c1-9-5-6-10(7-11(9)18)17-13(15)8-12(16-17)14(2,3)4;/h5-8,18H,15H2,1-4H3;1H. The lowest BCUT2D eigenvalue weighted by Gasteiger charge is -2.14. The Morgan fingerprint density at radius 1 is 1.21 bits per heavy atom. The molecule has 0 spiro atoms. The Morgan fingerprint density at radius 3 is 2.32 bits per heavy atom.